The predicted molar refractivity (Wildman–Crippen MR) is 65.2 cm³/mol. The number of hydrogen-bond acceptors (Lipinski definition) is 3. The van der Waals surface area contributed by atoms with Crippen LogP contribution in [0.4, 0.5) is 4.39 Å². The van der Waals surface area contributed by atoms with Gasteiger partial charge in [-0.1, -0.05) is 12.1 Å². The average molecular weight is 252 g/mol. The molecule has 1 fully saturated rings. The minimum absolute atomic E-state index is 0.0151. The summed E-state index contributed by atoms with van der Waals surface area (Å²) < 4.78 is 18.0. The van der Waals surface area contributed by atoms with Crippen LogP contribution in [-0.2, 0) is 16.1 Å². The van der Waals surface area contributed by atoms with E-state index in [1.807, 2.05) is 0 Å². The van der Waals surface area contributed by atoms with Crippen molar-refractivity contribution in [3.8, 4) is 0 Å². The largest absolute Gasteiger partial charge is 0.369 e. The van der Waals surface area contributed by atoms with Gasteiger partial charge in [-0.15, -0.1) is 0 Å². The van der Waals surface area contributed by atoms with Gasteiger partial charge in [-0.3, -0.25) is 4.79 Å². The van der Waals surface area contributed by atoms with Gasteiger partial charge in [0, 0.05) is 6.54 Å². The molecule has 1 saturated heterocycles. The van der Waals surface area contributed by atoms with Crippen LogP contribution in [0.25, 0.3) is 0 Å². The first-order valence-corrected chi connectivity index (χ1v) is 6.02. The third-order valence-electron chi connectivity index (χ3n) is 3.06. The molecule has 1 aromatic rings. The number of rotatable bonds is 4. The molecule has 98 valence electrons. The third-order valence-corrected chi connectivity index (χ3v) is 3.06. The van der Waals surface area contributed by atoms with Gasteiger partial charge < -0.3 is 15.4 Å². The van der Waals surface area contributed by atoms with Crippen LogP contribution in [0.1, 0.15) is 12.0 Å². The fourth-order valence-electron chi connectivity index (χ4n) is 2.09. The second-order valence-electron chi connectivity index (χ2n) is 4.39. The maximum absolute atomic E-state index is 12.8. The van der Waals surface area contributed by atoms with Gasteiger partial charge in [0.05, 0.1) is 12.6 Å². The van der Waals surface area contributed by atoms with Gasteiger partial charge in [0.25, 0.3) is 0 Å². The van der Waals surface area contributed by atoms with E-state index in [1.54, 1.807) is 17.0 Å². The maximum Gasteiger partial charge on any atom is 0.249 e. The Morgan fingerprint density at radius 3 is 2.78 bits per heavy atom. The molecule has 1 unspecified atom stereocenters. The number of ether oxygens (including phenoxy) is 1. The first-order chi connectivity index (χ1) is 8.70. The number of halogens is 1. The van der Waals surface area contributed by atoms with Gasteiger partial charge in [-0.25, -0.2) is 4.39 Å². The highest BCUT2D eigenvalue weighted by atomic mass is 19.1. The van der Waals surface area contributed by atoms with Gasteiger partial charge in [0.2, 0.25) is 5.91 Å². The topological polar surface area (TPSA) is 55.6 Å². The summed E-state index contributed by atoms with van der Waals surface area (Å²) >= 11 is 0. The zero-order chi connectivity index (χ0) is 13.0. The molecule has 0 aliphatic carbocycles. The zero-order valence-electron chi connectivity index (χ0n) is 10.1. The van der Waals surface area contributed by atoms with E-state index in [9.17, 15) is 9.18 Å². The van der Waals surface area contributed by atoms with E-state index in [2.05, 4.69) is 0 Å². The van der Waals surface area contributed by atoms with Crippen molar-refractivity contribution < 1.29 is 13.9 Å². The number of carbonyl (C=O) groups is 1. The van der Waals surface area contributed by atoms with Crippen molar-refractivity contribution in [1.29, 1.82) is 0 Å². The summed E-state index contributed by atoms with van der Waals surface area (Å²) in [6.07, 6.45) is 0.715. The van der Waals surface area contributed by atoms with E-state index in [0.29, 0.717) is 26.1 Å². The van der Waals surface area contributed by atoms with Gasteiger partial charge >= 0.3 is 0 Å². The van der Waals surface area contributed by atoms with E-state index in [1.165, 1.54) is 12.1 Å². The lowest BCUT2D eigenvalue weighted by Crippen LogP contribution is -2.49. The molecule has 2 N–H and O–H groups in total. The van der Waals surface area contributed by atoms with Crippen LogP contribution in [0.3, 0.4) is 0 Å². The molecule has 18 heavy (non-hydrogen) atoms. The molecule has 1 aromatic carbocycles. The molecule has 4 nitrogen and oxygen atoms in total. The Balaban J connectivity index is 2.08. The van der Waals surface area contributed by atoms with Crippen molar-refractivity contribution in [2.24, 2.45) is 5.73 Å². The summed E-state index contributed by atoms with van der Waals surface area (Å²) in [7, 11) is 0. The Morgan fingerprint density at radius 1 is 1.39 bits per heavy atom. The van der Waals surface area contributed by atoms with Gasteiger partial charge in [-0.2, -0.15) is 0 Å². The van der Waals surface area contributed by atoms with Crippen LogP contribution < -0.4 is 5.73 Å². The number of benzene rings is 1. The molecule has 5 heteroatoms. The Kier molecular flexibility index (Phi) is 4.28. The highest BCUT2D eigenvalue weighted by Gasteiger charge is 2.27. The average Bonchev–Trinajstić information content (AvgIpc) is 2.36. The van der Waals surface area contributed by atoms with E-state index in [4.69, 9.17) is 10.5 Å². The molecule has 0 saturated carbocycles. The van der Waals surface area contributed by atoms with Gasteiger partial charge in [-0.05, 0) is 30.7 Å². The van der Waals surface area contributed by atoms with Crippen LogP contribution in [0.2, 0.25) is 0 Å². The molecule has 0 radical (unpaired) electrons. The van der Waals surface area contributed by atoms with Crippen LogP contribution in [0, 0.1) is 5.82 Å². The minimum Gasteiger partial charge on any atom is -0.369 e. The molecule has 2 rings (SSSR count). The number of morpholine rings is 1. The summed E-state index contributed by atoms with van der Waals surface area (Å²) in [5.74, 6) is -0.311. The third kappa shape index (κ3) is 3.05. The molecular formula is C13H17FN2O2. The maximum atomic E-state index is 12.8. The van der Waals surface area contributed by atoms with Crippen LogP contribution >= 0.6 is 0 Å². The number of amides is 1. The SMILES string of the molecule is NCCC1COCC(=O)N1Cc1ccc(F)cc1. The Morgan fingerprint density at radius 2 is 2.11 bits per heavy atom. The summed E-state index contributed by atoms with van der Waals surface area (Å²) in [5, 5.41) is 0. The van der Waals surface area contributed by atoms with E-state index in [-0.39, 0.29) is 24.4 Å². The molecule has 1 amide bonds. The standard InChI is InChI=1S/C13H17FN2O2/c14-11-3-1-10(2-4-11)7-16-12(5-6-15)8-18-9-13(16)17/h1-4,12H,5-9,15H2. The van der Waals surface area contributed by atoms with Crippen LogP contribution in [0.5, 0.6) is 0 Å². The van der Waals surface area contributed by atoms with Crippen molar-refractivity contribution in [1.82, 2.24) is 4.90 Å². The lowest BCUT2D eigenvalue weighted by molar-refractivity contribution is -0.149. The summed E-state index contributed by atoms with van der Waals surface area (Å²) in [5.41, 5.74) is 6.45. The first kappa shape index (κ1) is 13.0. The lowest BCUT2D eigenvalue weighted by atomic mass is 10.1. The first-order valence-electron chi connectivity index (χ1n) is 6.02. The van der Waals surface area contributed by atoms with Crippen molar-refractivity contribution in [2.45, 2.75) is 19.0 Å². The molecule has 0 aromatic heterocycles. The summed E-state index contributed by atoms with van der Waals surface area (Å²) in [4.78, 5) is 13.6. The molecule has 1 aliphatic rings. The summed E-state index contributed by atoms with van der Waals surface area (Å²) in [6, 6.07) is 6.20. The van der Waals surface area contributed by atoms with Crippen molar-refractivity contribution in [3.63, 3.8) is 0 Å². The Hall–Kier alpha value is -1.46. The minimum atomic E-state index is -0.273. The smallest absolute Gasteiger partial charge is 0.249 e. The van der Waals surface area contributed by atoms with Crippen molar-refractivity contribution in [2.75, 3.05) is 19.8 Å². The van der Waals surface area contributed by atoms with Crippen molar-refractivity contribution >= 4 is 5.91 Å². The zero-order valence-corrected chi connectivity index (χ0v) is 10.1. The van der Waals surface area contributed by atoms with Crippen molar-refractivity contribution in [3.05, 3.63) is 35.6 Å². The quantitative estimate of drug-likeness (QED) is 0.866. The second kappa shape index (κ2) is 5.93. The Labute approximate surface area is 106 Å². The number of nitrogens with two attached hydrogens (primary N) is 1. The fraction of sp³-hybridized carbons (Fsp3) is 0.462. The monoisotopic (exact) mass is 252 g/mol. The molecule has 0 spiro atoms. The fourth-order valence-corrected chi connectivity index (χ4v) is 2.09. The number of hydrogen-bond donors (Lipinski definition) is 1. The molecule has 1 atom stereocenters. The number of carbonyl (C=O) groups excluding carboxylic acids is 1. The molecular weight excluding hydrogens is 235 g/mol. The van der Waals surface area contributed by atoms with Crippen LogP contribution in [0.15, 0.2) is 24.3 Å². The highest BCUT2D eigenvalue weighted by Crippen LogP contribution is 2.15. The predicted octanol–water partition coefficient (Wildman–Crippen LogP) is 0.902. The normalized spacial score (nSPS) is 20.2. The molecule has 1 aliphatic heterocycles. The second-order valence-corrected chi connectivity index (χ2v) is 4.39. The molecule has 1 heterocycles. The Bertz CT molecular complexity index is 406. The molecule has 0 bridgehead atoms. The van der Waals surface area contributed by atoms with E-state index >= 15 is 0 Å². The van der Waals surface area contributed by atoms with E-state index < -0.39 is 0 Å². The summed E-state index contributed by atoms with van der Waals surface area (Å²) in [6.45, 7) is 1.63. The lowest BCUT2D eigenvalue weighted by Gasteiger charge is -2.35. The highest BCUT2D eigenvalue weighted by molar-refractivity contribution is 5.78. The van der Waals surface area contributed by atoms with E-state index in [0.717, 1.165) is 5.56 Å². The van der Waals surface area contributed by atoms with Gasteiger partial charge in [0.15, 0.2) is 0 Å². The van der Waals surface area contributed by atoms with Crippen LogP contribution in [-0.4, -0.2) is 36.6 Å². The van der Waals surface area contributed by atoms with Gasteiger partial charge in [0.1, 0.15) is 12.4 Å². The number of nitrogens with zero attached hydrogens (tertiary/aromatic N) is 1.